The van der Waals surface area contributed by atoms with E-state index in [0.29, 0.717) is 6.42 Å². The SMILES string of the molecule is O=C(CCCc1ccccc1)Nc1ccnc2c(S)cccc12. The van der Waals surface area contributed by atoms with E-state index in [1.807, 2.05) is 42.5 Å². The standard InChI is InChI=1S/C19H18N2OS/c22-18(11-4-8-14-6-2-1-3-7-14)21-16-12-13-20-19-15(16)9-5-10-17(19)23/h1-3,5-7,9-10,12-13,23H,4,8,11H2,(H,20,21,22). The molecular weight excluding hydrogens is 304 g/mol. The Morgan fingerprint density at radius 1 is 1.04 bits per heavy atom. The fourth-order valence-corrected chi connectivity index (χ4v) is 2.84. The van der Waals surface area contributed by atoms with E-state index in [1.54, 1.807) is 6.20 Å². The van der Waals surface area contributed by atoms with Crippen molar-refractivity contribution in [3.63, 3.8) is 0 Å². The summed E-state index contributed by atoms with van der Waals surface area (Å²) in [6.45, 7) is 0. The Bertz CT molecular complexity index is 818. The van der Waals surface area contributed by atoms with Crippen LogP contribution in [0.5, 0.6) is 0 Å². The number of pyridine rings is 1. The van der Waals surface area contributed by atoms with Gasteiger partial charge in [-0.3, -0.25) is 9.78 Å². The topological polar surface area (TPSA) is 42.0 Å². The van der Waals surface area contributed by atoms with Crippen LogP contribution in [0.1, 0.15) is 18.4 Å². The Balaban J connectivity index is 1.63. The molecule has 1 heterocycles. The second kappa shape index (κ2) is 7.29. The molecule has 116 valence electrons. The molecule has 0 aliphatic carbocycles. The molecule has 0 aliphatic rings. The second-order valence-corrected chi connectivity index (χ2v) is 5.90. The van der Waals surface area contributed by atoms with Crippen molar-refractivity contribution in [2.45, 2.75) is 24.2 Å². The van der Waals surface area contributed by atoms with Crippen LogP contribution in [0.2, 0.25) is 0 Å². The summed E-state index contributed by atoms with van der Waals surface area (Å²) in [4.78, 5) is 17.3. The summed E-state index contributed by atoms with van der Waals surface area (Å²) in [6.07, 6.45) is 3.93. The monoisotopic (exact) mass is 322 g/mol. The van der Waals surface area contributed by atoms with E-state index in [2.05, 4.69) is 35.1 Å². The van der Waals surface area contributed by atoms with Crippen LogP contribution < -0.4 is 5.32 Å². The van der Waals surface area contributed by atoms with Gasteiger partial charge >= 0.3 is 0 Å². The number of aryl methyl sites for hydroxylation is 1. The Morgan fingerprint density at radius 3 is 2.70 bits per heavy atom. The van der Waals surface area contributed by atoms with Gasteiger partial charge in [-0.15, -0.1) is 12.6 Å². The molecule has 3 nitrogen and oxygen atoms in total. The quantitative estimate of drug-likeness (QED) is 0.680. The van der Waals surface area contributed by atoms with Crippen molar-refractivity contribution in [1.29, 1.82) is 0 Å². The molecule has 0 fully saturated rings. The van der Waals surface area contributed by atoms with Crippen LogP contribution in [0.4, 0.5) is 5.69 Å². The third kappa shape index (κ3) is 3.90. The van der Waals surface area contributed by atoms with Gasteiger partial charge in [-0.2, -0.15) is 0 Å². The molecule has 0 radical (unpaired) electrons. The number of amides is 1. The minimum absolute atomic E-state index is 0.0259. The lowest BCUT2D eigenvalue weighted by atomic mass is 10.1. The summed E-state index contributed by atoms with van der Waals surface area (Å²) in [5, 5.41) is 3.90. The maximum atomic E-state index is 12.2. The fourth-order valence-electron chi connectivity index (χ4n) is 2.58. The van der Waals surface area contributed by atoms with E-state index >= 15 is 0 Å². The average molecular weight is 322 g/mol. The van der Waals surface area contributed by atoms with Crippen molar-refractivity contribution in [2.24, 2.45) is 0 Å². The zero-order valence-electron chi connectivity index (χ0n) is 12.7. The number of hydrogen-bond acceptors (Lipinski definition) is 3. The highest BCUT2D eigenvalue weighted by Gasteiger charge is 2.08. The molecule has 1 amide bonds. The zero-order chi connectivity index (χ0) is 16.1. The van der Waals surface area contributed by atoms with Crippen LogP contribution >= 0.6 is 12.6 Å². The van der Waals surface area contributed by atoms with Crippen molar-refractivity contribution >= 4 is 35.1 Å². The number of nitrogens with zero attached hydrogens (tertiary/aromatic N) is 1. The van der Waals surface area contributed by atoms with Crippen LogP contribution in [0, 0.1) is 0 Å². The molecule has 0 aliphatic heterocycles. The van der Waals surface area contributed by atoms with Crippen molar-refractivity contribution in [2.75, 3.05) is 5.32 Å². The van der Waals surface area contributed by atoms with Gasteiger partial charge in [0.2, 0.25) is 5.91 Å². The average Bonchev–Trinajstić information content (AvgIpc) is 2.57. The Hall–Kier alpha value is -2.33. The van der Waals surface area contributed by atoms with E-state index in [9.17, 15) is 4.79 Å². The molecule has 3 aromatic rings. The molecule has 0 atom stereocenters. The van der Waals surface area contributed by atoms with Crippen molar-refractivity contribution < 1.29 is 4.79 Å². The molecule has 4 heteroatoms. The van der Waals surface area contributed by atoms with Gasteiger partial charge in [-0.1, -0.05) is 42.5 Å². The number of anilines is 1. The van der Waals surface area contributed by atoms with Gasteiger partial charge in [0, 0.05) is 22.9 Å². The summed E-state index contributed by atoms with van der Waals surface area (Å²) >= 11 is 4.41. The van der Waals surface area contributed by atoms with Crippen molar-refractivity contribution in [3.05, 3.63) is 66.4 Å². The predicted octanol–water partition coefficient (Wildman–Crippen LogP) is 4.48. The first-order valence-electron chi connectivity index (χ1n) is 7.64. The number of thiol groups is 1. The zero-order valence-corrected chi connectivity index (χ0v) is 13.6. The van der Waals surface area contributed by atoms with Crippen LogP contribution in [-0.2, 0) is 11.2 Å². The van der Waals surface area contributed by atoms with E-state index in [4.69, 9.17) is 0 Å². The highest BCUT2D eigenvalue weighted by molar-refractivity contribution is 7.80. The Kier molecular flexibility index (Phi) is 4.93. The van der Waals surface area contributed by atoms with Crippen molar-refractivity contribution in [3.8, 4) is 0 Å². The summed E-state index contributed by atoms with van der Waals surface area (Å²) in [5.74, 6) is 0.0259. The molecule has 1 N–H and O–H groups in total. The van der Waals surface area contributed by atoms with Crippen LogP contribution in [0.15, 0.2) is 65.7 Å². The first kappa shape index (κ1) is 15.6. The number of nitrogens with one attached hydrogen (secondary N) is 1. The number of fused-ring (bicyclic) bond motifs is 1. The summed E-state index contributed by atoms with van der Waals surface area (Å²) in [7, 11) is 0. The predicted molar refractivity (Wildman–Crippen MR) is 97.0 cm³/mol. The number of benzene rings is 2. The summed E-state index contributed by atoms with van der Waals surface area (Å²) in [5.41, 5.74) is 2.85. The number of carbonyl (C=O) groups is 1. The third-order valence-corrected chi connectivity index (χ3v) is 4.10. The maximum Gasteiger partial charge on any atom is 0.224 e. The molecule has 0 unspecified atom stereocenters. The molecule has 2 aromatic carbocycles. The number of para-hydroxylation sites is 1. The Morgan fingerprint density at radius 2 is 1.87 bits per heavy atom. The molecule has 23 heavy (non-hydrogen) atoms. The lowest BCUT2D eigenvalue weighted by molar-refractivity contribution is -0.116. The number of hydrogen-bond donors (Lipinski definition) is 2. The highest BCUT2D eigenvalue weighted by atomic mass is 32.1. The molecule has 0 saturated carbocycles. The minimum atomic E-state index is 0.0259. The van der Waals surface area contributed by atoms with Gasteiger partial charge in [0.15, 0.2) is 0 Å². The van der Waals surface area contributed by atoms with Crippen molar-refractivity contribution in [1.82, 2.24) is 4.98 Å². The highest BCUT2D eigenvalue weighted by Crippen LogP contribution is 2.26. The van der Waals surface area contributed by atoms with Gasteiger partial charge < -0.3 is 5.32 Å². The van der Waals surface area contributed by atoms with E-state index < -0.39 is 0 Å². The van der Waals surface area contributed by atoms with E-state index in [1.165, 1.54) is 5.56 Å². The first-order chi connectivity index (χ1) is 11.2. The van der Waals surface area contributed by atoms with Gasteiger partial charge in [0.05, 0.1) is 11.2 Å². The second-order valence-electron chi connectivity index (χ2n) is 5.42. The fraction of sp³-hybridized carbons (Fsp3) is 0.158. The first-order valence-corrected chi connectivity index (χ1v) is 8.09. The molecule has 0 spiro atoms. The van der Waals surface area contributed by atoms with Crippen LogP contribution in [-0.4, -0.2) is 10.9 Å². The maximum absolute atomic E-state index is 12.2. The van der Waals surface area contributed by atoms with Gasteiger partial charge in [-0.05, 0) is 30.5 Å². The molecular formula is C19H18N2OS. The van der Waals surface area contributed by atoms with E-state index in [-0.39, 0.29) is 5.91 Å². The lowest BCUT2D eigenvalue weighted by Gasteiger charge is -2.09. The van der Waals surface area contributed by atoms with Gasteiger partial charge in [0.25, 0.3) is 0 Å². The Labute approximate surface area is 141 Å². The normalized spacial score (nSPS) is 10.7. The summed E-state index contributed by atoms with van der Waals surface area (Å²) < 4.78 is 0. The van der Waals surface area contributed by atoms with E-state index in [0.717, 1.165) is 34.3 Å². The number of aromatic nitrogens is 1. The van der Waals surface area contributed by atoms with Gasteiger partial charge in [-0.25, -0.2) is 0 Å². The van der Waals surface area contributed by atoms with Gasteiger partial charge in [0.1, 0.15) is 0 Å². The minimum Gasteiger partial charge on any atom is -0.325 e. The molecule has 0 bridgehead atoms. The van der Waals surface area contributed by atoms with Crippen LogP contribution in [0.25, 0.3) is 10.9 Å². The smallest absolute Gasteiger partial charge is 0.224 e. The molecule has 1 aromatic heterocycles. The summed E-state index contributed by atoms with van der Waals surface area (Å²) in [6, 6.07) is 17.8. The lowest BCUT2D eigenvalue weighted by Crippen LogP contribution is -2.12. The number of carbonyl (C=O) groups excluding carboxylic acids is 1. The largest absolute Gasteiger partial charge is 0.325 e. The van der Waals surface area contributed by atoms with Crippen LogP contribution in [0.3, 0.4) is 0 Å². The molecule has 3 rings (SSSR count). The third-order valence-electron chi connectivity index (χ3n) is 3.74. The molecule has 0 saturated heterocycles. The number of rotatable bonds is 5.